The molecule has 0 atom stereocenters. The van der Waals surface area contributed by atoms with Crippen molar-refractivity contribution in [1.82, 2.24) is 0 Å². The van der Waals surface area contributed by atoms with E-state index < -0.39 is 8.32 Å². The van der Waals surface area contributed by atoms with Gasteiger partial charge in [-0.05, 0) is 21.8 Å². The first-order valence-electron chi connectivity index (χ1n) is 17.9. The Kier molecular flexibility index (Phi) is 24.9. The number of carbonyl (C=O) groups is 1. The van der Waals surface area contributed by atoms with E-state index >= 15 is 0 Å². The molecule has 0 unspecified atom stereocenters. The van der Waals surface area contributed by atoms with Gasteiger partial charge in [-0.3, -0.25) is 4.79 Å². The molecular formula is C38H62O11Si. The maximum Gasteiger partial charge on any atom is 0.305 e. The van der Waals surface area contributed by atoms with Gasteiger partial charge in [-0.1, -0.05) is 88.4 Å². The molecule has 0 aliphatic heterocycles. The second-order valence-corrected chi connectivity index (χ2v) is 16.7. The van der Waals surface area contributed by atoms with Crippen molar-refractivity contribution >= 4 is 24.7 Å². The highest BCUT2D eigenvalue weighted by Gasteiger charge is 2.50. The lowest BCUT2D eigenvalue weighted by atomic mass is 10.2. The predicted molar refractivity (Wildman–Crippen MR) is 196 cm³/mol. The Morgan fingerprint density at radius 3 is 1.08 bits per heavy atom. The highest BCUT2D eigenvalue weighted by atomic mass is 28.4. The van der Waals surface area contributed by atoms with Gasteiger partial charge in [0.05, 0.1) is 112 Å². The van der Waals surface area contributed by atoms with Crippen LogP contribution in [0.25, 0.3) is 0 Å². The minimum Gasteiger partial charge on any atom is -0.463 e. The Hall–Kier alpha value is -2.23. The molecule has 0 N–H and O–H groups in total. The zero-order chi connectivity index (χ0) is 36.0. The van der Waals surface area contributed by atoms with Gasteiger partial charge in [0.15, 0.2) is 0 Å². The van der Waals surface area contributed by atoms with E-state index in [2.05, 4.69) is 81.4 Å². The Morgan fingerprint density at radius 2 is 0.780 bits per heavy atom. The van der Waals surface area contributed by atoms with Crippen LogP contribution in [0.4, 0.5) is 0 Å². The van der Waals surface area contributed by atoms with E-state index in [0.29, 0.717) is 119 Å². The molecule has 0 spiro atoms. The molecule has 0 saturated heterocycles. The van der Waals surface area contributed by atoms with Crippen LogP contribution in [0.5, 0.6) is 0 Å². The fraction of sp³-hybridized carbons (Fsp3) is 0.658. The van der Waals surface area contributed by atoms with Gasteiger partial charge in [0.25, 0.3) is 8.32 Å². The second-order valence-electron chi connectivity index (χ2n) is 12.4. The number of rotatable bonds is 32. The maximum absolute atomic E-state index is 11.2. The number of carbonyl (C=O) groups excluding carboxylic acids is 1. The maximum atomic E-state index is 11.2. The van der Waals surface area contributed by atoms with Crippen LogP contribution in [-0.2, 0) is 51.9 Å². The minimum absolute atomic E-state index is 0.0575. The fourth-order valence-electron chi connectivity index (χ4n) is 5.15. The molecule has 0 aliphatic carbocycles. The second kappa shape index (κ2) is 28.4. The molecule has 50 heavy (non-hydrogen) atoms. The van der Waals surface area contributed by atoms with Crippen LogP contribution < -0.4 is 10.4 Å². The summed E-state index contributed by atoms with van der Waals surface area (Å²) in [7, 11) is -2.54. The molecule has 2 aromatic carbocycles. The summed E-state index contributed by atoms with van der Waals surface area (Å²) in [6.45, 7) is 17.3. The quantitative estimate of drug-likeness (QED) is 0.0621. The lowest BCUT2D eigenvalue weighted by Gasteiger charge is -2.43. The van der Waals surface area contributed by atoms with Crippen LogP contribution in [0.2, 0.25) is 5.04 Å². The molecule has 0 bridgehead atoms. The average Bonchev–Trinajstić information content (AvgIpc) is 3.11. The standard InChI is InChI=1S/C38H62O11Si/c1-5-12-37(39)48-33-31-46-29-27-44-25-23-42-21-19-40-17-18-41-20-22-43-24-26-45-28-30-47-32-34-49-50(38(2,3)4,35-13-8-6-9-14-35)36-15-10-7-11-16-36/h6-11,13-16H,5,12,17-34H2,1-4H3. The molecule has 11 nitrogen and oxygen atoms in total. The average molecular weight is 723 g/mol. The Labute approximate surface area is 301 Å². The molecule has 0 fully saturated rings. The van der Waals surface area contributed by atoms with E-state index in [-0.39, 0.29) is 17.6 Å². The smallest absolute Gasteiger partial charge is 0.305 e. The van der Waals surface area contributed by atoms with Crippen LogP contribution >= 0.6 is 0 Å². The lowest BCUT2D eigenvalue weighted by Crippen LogP contribution is -2.66. The molecule has 0 heterocycles. The zero-order valence-corrected chi connectivity index (χ0v) is 31.9. The number of benzene rings is 2. The third-order valence-electron chi connectivity index (χ3n) is 7.51. The van der Waals surface area contributed by atoms with Crippen molar-refractivity contribution in [3.05, 3.63) is 60.7 Å². The summed E-state index contributed by atoms with van der Waals surface area (Å²) in [5.74, 6) is -0.187. The number of hydrogen-bond acceptors (Lipinski definition) is 11. The normalized spacial score (nSPS) is 12.0. The third kappa shape index (κ3) is 18.8. The lowest BCUT2D eigenvalue weighted by molar-refractivity contribution is -0.145. The molecule has 12 heteroatoms. The minimum atomic E-state index is -2.54. The molecule has 0 saturated carbocycles. The SMILES string of the molecule is CCCC(=O)OCCOCCOCCOCCOCCOCCOCCOCCOCCO[Si](c1ccccc1)(c1ccccc1)C(C)(C)C. The summed E-state index contributed by atoms with van der Waals surface area (Å²) in [5, 5.41) is 2.47. The van der Waals surface area contributed by atoms with Gasteiger partial charge in [-0.2, -0.15) is 0 Å². The van der Waals surface area contributed by atoms with Crippen LogP contribution in [0, 0.1) is 0 Å². The topological polar surface area (TPSA) is 109 Å². The van der Waals surface area contributed by atoms with Crippen molar-refractivity contribution in [2.45, 2.75) is 45.6 Å². The largest absolute Gasteiger partial charge is 0.463 e. The van der Waals surface area contributed by atoms with Crippen molar-refractivity contribution in [2.24, 2.45) is 0 Å². The Bertz CT molecular complexity index is 1030. The van der Waals surface area contributed by atoms with E-state index in [4.69, 9.17) is 47.1 Å². The molecule has 284 valence electrons. The van der Waals surface area contributed by atoms with Crippen molar-refractivity contribution < 1.29 is 51.9 Å². The Balaban J connectivity index is 1.35. The van der Waals surface area contributed by atoms with E-state index in [1.54, 1.807) is 0 Å². The van der Waals surface area contributed by atoms with Gasteiger partial charge in [-0.15, -0.1) is 0 Å². The van der Waals surface area contributed by atoms with Gasteiger partial charge in [0.1, 0.15) is 6.61 Å². The van der Waals surface area contributed by atoms with Crippen molar-refractivity contribution in [1.29, 1.82) is 0 Å². The number of esters is 1. The number of ether oxygens (including phenoxy) is 9. The molecule has 2 aromatic rings. The monoisotopic (exact) mass is 722 g/mol. The first-order valence-corrected chi connectivity index (χ1v) is 19.8. The van der Waals surface area contributed by atoms with E-state index in [9.17, 15) is 4.79 Å². The van der Waals surface area contributed by atoms with Gasteiger partial charge in [0, 0.05) is 6.42 Å². The van der Waals surface area contributed by atoms with Crippen molar-refractivity contribution in [3.8, 4) is 0 Å². The van der Waals surface area contributed by atoms with Crippen LogP contribution in [0.1, 0.15) is 40.5 Å². The third-order valence-corrected chi connectivity index (χ3v) is 12.6. The molecule has 0 aromatic heterocycles. The summed E-state index contributed by atoms with van der Waals surface area (Å²) >= 11 is 0. The fourth-order valence-corrected chi connectivity index (χ4v) is 9.69. The summed E-state index contributed by atoms with van der Waals surface area (Å²) in [4.78, 5) is 11.2. The zero-order valence-electron chi connectivity index (χ0n) is 30.9. The van der Waals surface area contributed by atoms with Crippen molar-refractivity contribution in [3.63, 3.8) is 0 Å². The molecule has 0 aliphatic rings. The van der Waals surface area contributed by atoms with Gasteiger partial charge in [-0.25, -0.2) is 0 Å². The van der Waals surface area contributed by atoms with Gasteiger partial charge < -0.3 is 47.1 Å². The van der Waals surface area contributed by atoms with Crippen LogP contribution in [0.3, 0.4) is 0 Å². The van der Waals surface area contributed by atoms with Crippen LogP contribution in [-0.4, -0.2) is 133 Å². The number of hydrogen-bond donors (Lipinski definition) is 0. The van der Waals surface area contributed by atoms with Gasteiger partial charge >= 0.3 is 5.97 Å². The van der Waals surface area contributed by atoms with E-state index in [0.717, 1.165) is 6.42 Å². The first kappa shape index (κ1) is 43.9. The molecule has 0 radical (unpaired) electrons. The summed E-state index contributed by atoms with van der Waals surface area (Å²) in [5.41, 5.74) is 0. The van der Waals surface area contributed by atoms with Gasteiger partial charge in [0.2, 0.25) is 0 Å². The molecule has 0 amide bonds. The first-order chi connectivity index (χ1) is 24.4. The summed E-state index contributed by atoms with van der Waals surface area (Å²) in [6, 6.07) is 21.3. The highest BCUT2D eigenvalue weighted by Crippen LogP contribution is 2.36. The Morgan fingerprint density at radius 1 is 0.480 bits per heavy atom. The van der Waals surface area contributed by atoms with E-state index in [1.807, 2.05) is 6.92 Å². The summed E-state index contributed by atoms with van der Waals surface area (Å²) in [6.07, 6.45) is 1.23. The molecule has 2 rings (SSSR count). The predicted octanol–water partition coefficient (Wildman–Crippen LogP) is 4.04. The summed E-state index contributed by atoms with van der Waals surface area (Å²) < 4.78 is 56.2. The van der Waals surface area contributed by atoms with Crippen molar-refractivity contribution in [2.75, 3.05) is 119 Å². The molecular weight excluding hydrogens is 660 g/mol. The van der Waals surface area contributed by atoms with Crippen LogP contribution in [0.15, 0.2) is 60.7 Å². The van der Waals surface area contributed by atoms with E-state index in [1.165, 1.54) is 10.4 Å². The highest BCUT2D eigenvalue weighted by molar-refractivity contribution is 6.99.